The lowest BCUT2D eigenvalue weighted by atomic mass is 9.78. The second kappa shape index (κ2) is 6.48. The normalized spacial score (nSPS) is 16.7. The van der Waals surface area contributed by atoms with Crippen LogP contribution in [0.3, 0.4) is 0 Å². The van der Waals surface area contributed by atoms with Gasteiger partial charge in [0.1, 0.15) is 0 Å². The van der Waals surface area contributed by atoms with Crippen molar-refractivity contribution < 1.29 is 0 Å². The van der Waals surface area contributed by atoms with Crippen molar-refractivity contribution in [1.82, 2.24) is 0 Å². The van der Waals surface area contributed by atoms with Crippen LogP contribution in [0.25, 0.3) is 0 Å². The van der Waals surface area contributed by atoms with E-state index in [-0.39, 0.29) is 0 Å². The average Bonchev–Trinajstić information content (AvgIpc) is 2.01. The van der Waals surface area contributed by atoms with Crippen LogP contribution in [0.1, 0.15) is 61.3 Å². The van der Waals surface area contributed by atoms with Crippen molar-refractivity contribution in [2.45, 2.75) is 61.3 Å². The van der Waals surface area contributed by atoms with Crippen molar-refractivity contribution in [1.29, 1.82) is 0 Å². The predicted molar refractivity (Wildman–Crippen MR) is 66.4 cm³/mol. The number of rotatable bonds is 6. The van der Waals surface area contributed by atoms with Gasteiger partial charge >= 0.3 is 0 Å². The van der Waals surface area contributed by atoms with Crippen molar-refractivity contribution in [2.24, 2.45) is 29.6 Å². The van der Waals surface area contributed by atoms with E-state index in [4.69, 9.17) is 0 Å². The molecule has 0 spiro atoms. The number of hydrogen-bond acceptors (Lipinski definition) is 0. The third-order valence-corrected chi connectivity index (χ3v) is 3.53. The Bertz CT molecular complexity index is 133. The molecule has 0 N–H and O–H groups in total. The van der Waals surface area contributed by atoms with Gasteiger partial charge in [-0.15, -0.1) is 0 Å². The maximum Gasteiger partial charge on any atom is -0.0386 e. The lowest BCUT2D eigenvalue weighted by Gasteiger charge is -2.27. The first-order chi connectivity index (χ1) is 6.34. The van der Waals surface area contributed by atoms with Crippen LogP contribution in [0.4, 0.5) is 0 Å². The molecule has 14 heavy (non-hydrogen) atoms. The van der Waals surface area contributed by atoms with E-state index in [0.717, 1.165) is 29.6 Å². The van der Waals surface area contributed by atoms with Gasteiger partial charge in [-0.1, -0.05) is 48.5 Å². The Kier molecular flexibility index (Phi) is 6.48. The van der Waals surface area contributed by atoms with Gasteiger partial charge in [-0.25, -0.2) is 0 Å². The van der Waals surface area contributed by atoms with Crippen LogP contribution in [0.5, 0.6) is 0 Å². The van der Waals surface area contributed by atoms with Gasteiger partial charge in [0.2, 0.25) is 0 Å². The van der Waals surface area contributed by atoms with Gasteiger partial charge in [-0.05, 0) is 42.4 Å². The molecule has 0 heteroatoms. The van der Waals surface area contributed by atoms with E-state index in [1.807, 2.05) is 0 Å². The average molecular weight is 198 g/mol. The molecule has 0 aromatic heterocycles. The first-order valence-electron chi connectivity index (χ1n) is 6.34. The van der Waals surface area contributed by atoms with E-state index in [2.05, 4.69) is 48.5 Å². The molecule has 0 saturated carbocycles. The molecule has 2 unspecified atom stereocenters. The summed E-state index contributed by atoms with van der Waals surface area (Å²) in [5.74, 6) is 4.33. The van der Waals surface area contributed by atoms with Crippen molar-refractivity contribution in [3.8, 4) is 0 Å². The molecule has 2 atom stereocenters. The summed E-state index contributed by atoms with van der Waals surface area (Å²) < 4.78 is 0. The smallest absolute Gasteiger partial charge is 0.0386 e. The van der Waals surface area contributed by atoms with E-state index in [1.165, 1.54) is 12.8 Å². The molecule has 0 aromatic rings. The Morgan fingerprint density at radius 2 is 1.14 bits per heavy atom. The van der Waals surface area contributed by atoms with Gasteiger partial charge in [-0.2, -0.15) is 0 Å². The van der Waals surface area contributed by atoms with Crippen LogP contribution in [-0.4, -0.2) is 0 Å². The predicted octanol–water partition coefficient (Wildman–Crippen LogP) is 4.99. The van der Waals surface area contributed by atoms with Gasteiger partial charge in [0, 0.05) is 0 Å². The van der Waals surface area contributed by atoms with Crippen molar-refractivity contribution in [3.63, 3.8) is 0 Å². The van der Waals surface area contributed by atoms with E-state index in [9.17, 15) is 0 Å². The van der Waals surface area contributed by atoms with E-state index in [1.54, 1.807) is 0 Å². The van der Waals surface area contributed by atoms with Crippen LogP contribution in [0.2, 0.25) is 0 Å². The quantitative estimate of drug-likeness (QED) is 0.564. The zero-order chi connectivity index (χ0) is 11.3. The minimum atomic E-state index is 0.836. The second-order valence-electron chi connectivity index (χ2n) is 6.09. The maximum absolute atomic E-state index is 2.40. The first kappa shape index (κ1) is 14.0. The van der Waals surface area contributed by atoms with Crippen molar-refractivity contribution in [3.05, 3.63) is 0 Å². The van der Waals surface area contributed by atoms with Gasteiger partial charge in [0.15, 0.2) is 0 Å². The van der Waals surface area contributed by atoms with E-state index in [0.29, 0.717) is 0 Å². The molecular formula is C14H30. The summed E-state index contributed by atoms with van der Waals surface area (Å²) in [5.41, 5.74) is 0. The van der Waals surface area contributed by atoms with E-state index < -0.39 is 0 Å². The van der Waals surface area contributed by atoms with Crippen LogP contribution in [0, 0.1) is 29.6 Å². The highest BCUT2D eigenvalue weighted by Gasteiger charge is 2.19. The largest absolute Gasteiger partial charge is 0.0628 e. The fourth-order valence-electron chi connectivity index (χ4n) is 2.00. The van der Waals surface area contributed by atoms with Gasteiger partial charge < -0.3 is 0 Å². The molecule has 0 aliphatic heterocycles. The zero-order valence-electron chi connectivity index (χ0n) is 11.3. The molecule has 0 aliphatic carbocycles. The molecule has 0 heterocycles. The molecular weight excluding hydrogens is 168 g/mol. The summed E-state index contributed by atoms with van der Waals surface area (Å²) in [6, 6.07) is 0. The van der Waals surface area contributed by atoms with Gasteiger partial charge in [0.05, 0.1) is 0 Å². The Balaban J connectivity index is 4.09. The lowest BCUT2D eigenvalue weighted by molar-refractivity contribution is 0.233. The molecule has 0 aromatic carbocycles. The maximum atomic E-state index is 2.40. The highest BCUT2D eigenvalue weighted by molar-refractivity contribution is 4.70. The standard InChI is InChI=1S/C14H30/c1-10(2)8-14(12(5)6)9-13(7)11(3)4/h10-14H,8-9H2,1-7H3. The molecule has 0 nitrogen and oxygen atoms in total. The summed E-state index contributed by atoms with van der Waals surface area (Å²) in [6.45, 7) is 16.5. The van der Waals surface area contributed by atoms with Crippen LogP contribution in [0.15, 0.2) is 0 Å². The molecule has 0 saturated heterocycles. The number of hydrogen-bond donors (Lipinski definition) is 0. The highest BCUT2D eigenvalue weighted by atomic mass is 14.2. The summed E-state index contributed by atoms with van der Waals surface area (Å²) in [7, 11) is 0. The van der Waals surface area contributed by atoms with Gasteiger partial charge in [0.25, 0.3) is 0 Å². The third kappa shape index (κ3) is 5.67. The SMILES string of the molecule is CC(C)CC(CC(C)C(C)C)C(C)C. The van der Waals surface area contributed by atoms with Crippen LogP contribution in [-0.2, 0) is 0 Å². The van der Waals surface area contributed by atoms with Crippen molar-refractivity contribution >= 4 is 0 Å². The Labute approximate surface area is 91.5 Å². The highest BCUT2D eigenvalue weighted by Crippen LogP contribution is 2.29. The molecule has 0 radical (unpaired) electrons. The summed E-state index contributed by atoms with van der Waals surface area (Å²) in [5, 5.41) is 0. The molecule has 0 bridgehead atoms. The monoisotopic (exact) mass is 198 g/mol. The summed E-state index contributed by atoms with van der Waals surface area (Å²) >= 11 is 0. The summed E-state index contributed by atoms with van der Waals surface area (Å²) in [4.78, 5) is 0. The third-order valence-electron chi connectivity index (χ3n) is 3.53. The fraction of sp³-hybridized carbons (Fsp3) is 1.00. The Morgan fingerprint density at radius 1 is 0.643 bits per heavy atom. The second-order valence-corrected chi connectivity index (χ2v) is 6.09. The minimum Gasteiger partial charge on any atom is -0.0628 e. The zero-order valence-corrected chi connectivity index (χ0v) is 11.3. The first-order valence-corrected chi connectivity index (χ1v) is 6.34. The molecule has 0 fully saturated rings. The van der Waals surface area contributed by atoms with Gasteiger partial charge in [-0.3, -0.25) is 0 Å². The molecule has 0 amide bonds. The van der Waals surface area contributed by atoms with Crippen LogP contribution < -0.4 is 0 Å². The molecule has 0 rings (SSSR count). The fourth-order valence-corrected chi connectivity index (χ4v) is 2.00. The minimum absolute atomic E-state index is 0.836. The van der Waals surface area contributed by atoms with Crippen LogP contribution >= 0.6 is 0 Å². The topological polar surface area (TPSA) is 0 Å². The summed E-state index contributed by atoms with van der Waals surface area (Å²) in [6.07, 6.45) is 2.81. The Morgan fingerprint density at radius 3 is 1.43 bits per heavy atom. The van der Waals surface area contributed by atoms with Crippen molar-refractivity contribution in [2.75, 3.05) is 0 Å². The lowest BCUT2D eigenvalue weighted by Crippen LogP contribution is -2.17. The molecule has 86 valence electrons. The molecule has 0 aliphatic rings. The van der Waals surface area contributed by atoms with E-state index >= 15 is 0 Å². The Hall–Kier alpha value is 0.